The van der Waals surface area contributed by atoms with E-state index in [1.54, 1.807) is 24.0 Å². The molecule has 1 aromatic rings. The van der Waals surface area contributed by atoms with Gasteiger partial charge in [0.25, 0.3) is 5.69 Å². The summed E-state index contributed by atoms with van der Waals surface area (Å²) in [6, 6.07) is 7.67. The van der Waals surface area contributed by atoms with E-state index in [0.717, 1.165) is 0 Å². The van der Waals surface area contributed by atoms with E-state index in [0.29, 0.717) is 25.2 Å². The molecule has 1 heterocycles. The summed E-state index contributed by atoms with van der Waals surface area (Å²) in [5.74, 6) is -0.692. The molecule has 7 heteroatoms. The molecule has 0 spiro atoms. The van der Waals surface area contributed by atoms with Crippen LogP contribution in [0.5, 0.6) is 0 Å². The molecule has 0 aliphatic carbocycles. The Morgan fingerprint density at radius 3 is 3.05 bits per heavy atom. The number of nitrogens with zero attached hydrogens (tertiary/aromatic N) is 3. The van der Waals surface area contributed by atoms with Crippen LogP contribution in [0.25, 0.3) is 0 Å². The molecule has 0 saturated carbocycles. The van der Waals surface area contributed by atoms with E-state index in [9.17, 15) is 14.9 Å². The number of nitriles is 1. The Kier molecular flexibility index (Phi) is 4.50. The number of carbonyl (C=O) groups excluding carboxylic acids is 1. The van der Waals surface area contributed by atoms with E-state index in [-0.39, 0.29) is 11.6 Å². The summed E-state index contributed by atoms with van der Waals surface area (Å²) in [7, 11) is 0. The fraction of sp³-hybridized carbons (Fsp3) is 0.429. The van der Waals surface area contributed by atoms with Gasteiger partial charge in [0.1, 0.15) is 6.04 Å². The van der Waals surface area contributed by atoms with Crippen molar-refractivity contribution in [2.24, 2.45) is 0 Å². The molecule has 21 heavy (non-hydrogen) atoms. The predicted octanol–water partition coefficient (Wildman–Crippen LogP) is 1.02. The zero-order valence-corrected chi connectivity index (χ0v) is 11.7. The van der Waals surface area contributed by atoms with Gasteiger partial charge < -0.3 is 10.2 Å². The number of nitro benzene ring substituents is 1. The second-order valence-corrected chi connectivity index (χ2v) is 4.95. The van der Waals surface area contributed by atoms with Crippen LogP contribution in [0.4, 0.5) is 5.69 Å². The minimum absolute atomic E-state index is 0.0377. The number of amides is 1. The summed E-state index contributed by atoms with van der Waals surface area (Å²) < 4.78 is 0. The second-order valence-electron chi connectivity index (χ2n) is 4.95. The third-order valence-corrected chi connectivity index (χ3v) is 3.63. The summed E-state index contributed by atoms with van der Waals surface area (Å²) in [4.78, 5) is 24.4. The predicted molar refractivity (Wildman–Crippen MR) is 75.5 cm³/mol. The molecular formula is C14H16N4O3. The van der Waals surface area contributed by atoms with Crippen LogP contribution in [-0.4, -0.2) is 41.4 Å². The summed E-state index contributed by atoms with van der Waals surface area (Å²) in [5.41, 5.74) is 0.550. The van der Waals surface area contributed by atoms with Gasteiger partial charge in [-0.05, 0) is 12.5 Å². The van der Waals surface area contributed by atoms with Gasteiger partial charge >= 0.3 is 0 Å². The molecule has 7 nitrogen and oxygen atoms in total. The lowest BCUT2D eigenvalue weighted by atomic mass is 9.98. The van der Waals surface area contributed by atoms with E-state index in [1.807, 2.05) is 0 Å². The summed E-state index contributed by atoms with van der Waals surface area (Å²) in [6.07, 6.45) is 0. The van der Waals surface area contributed by atoms with Crippen LogP contribution in [0.2, 0.25) is 0 Å². The molecule has 0 bridgehead atoms. The number of hydrogen-bond acceptors (Lipinski definition) is 5. The normalized spacial score (nSPS) is 19.6. The number of piperazine rings is 1. The number of carbonyl (C=O) groups is 1. The minimum atomic E-state index is -0.515. The van der Waals surface area contributed by atoms with Gasteiger partial charge in [-0.25, -0.2) is 0 Å². The Morgan fingerprint density at radius 2 is 2.38 bits per heavy atom. The Labute approximate surface area is 122 Å². The van der Waals surface area contributed by atoms with Gasteiger partial charge in [0.05, 0.1) is 16.9 Å². The van der Waals surface area contributed by atoms with E-state index in [4.69, 9.17) is 5.26 Å². The minimum Gasteiger partial charge on any atom is -0.324 e. The molecule has 110 valence electrons. The SMILES string of the molecule is CC(C(=O)N1CCNCC1C#N)c1cccc([N+](=O)[O-])c1. The van der Waals surface area contributed by atoms with Crippen molar-refractivity contribution in [3.63, 3.8) is 0 Å². The highest BCUT2D eigenvalue weighted by molar-refractivity contribution is 5.84. The number of nitro groups is 1. The largest absolute Gasteiger partial charge is 0.324 e. The van der Waals surface area contributed by atoms with E-state index in [1.165, 1.54) is 12.1 Å². The van der Waals surface area contributed by atoms with Crippen LogP contribution in [-0.2, 0) is 4.79 Å². The molecule has 1 aliphatic heterocycles. The van der Waals surface area contributed by atoms with Crippen molar-refractivity contribution in [3.8, 4) is 6.07 Å². The van der Waals surface area contributed by atoms with Gasteiger partial charge in [-0.15, -0.1) is 0 Å². The zero-order valence-electron chi connectivity index (χ0n) is 11.7. The number of nitrogens with one attached hydrogen (secondary N) is 1. The molecule has 1 saturated heterocycles. The van der Waals surface area contributed by atoms with E-state index < -0.39 is 16.9 Å². The topological polar surface area (TPSA) is 99.3 Å². The highest BCUT2D eigenvalue weighted by Crippen LogP contribution is 2.23. The quantitative estimate of drug-likeness (QED) is 0.661. The fourth-order valence-corrected chi connectivity index (χ4v) is 2.38. The lowest BCUT2D eigenvalue weighted by Gasteiger charge is -2.33. The van der Waals surface area contributed by atoms with Gasteiger partial charge in [-0.1, -0.05) is 12.1 Å². The molecule has 1 aliphatic rings. The van der Waals surface area contributed by atoms with Crippen LogP contribution in [0.3, 0.4) is 0 Å². The van der Waals surface area contributed by atoms with Gasteiger partial charge in [-0.3, -0.25) is 14.9 Å². The van der Waals surface area contributed by atoms with Gasteiger partial charge in [0.15, 0.2) is 0 Å². The first-order valence-corrected chi connectivity index (χ1v) is 6.69. The molecule has 0 aromatic heterocycles. The summed E-state index contributed by atoms with van der Waals surface area (Å²) in [5, 5.41) is 23.0. The highest BCUT2D eigenvalue weighted by atomic mass is 16.6. The Balaban J connectivity index is 2.20. The maximum absolute atomic E-state index is 12.5. The van der Waals surface area contributed by atoms with Crippen LogP contribution >= 0.6 is 0 Å². The van der Waals surface area contributed by atoms with Gasteiger partial charge in [-0.2, -0.15) is 5.26 Å². The fourth-order valence-electron chi connectivity index (χ4n) is 2.38. The average molecular weight is 288 g/mol. The van der Waals surface area contributed by atoms with Crippen LogP contribution < -0.4 is 5.32 Å². The first-order chi connectivity index (χ1) is 10.0. The van der Waals surface area contributed by atoms with Gasteiger partial charge in [0.2, 0.25) is 5.91 Å². The van der Waals surface area contributed by atoms with Crippen LogP contribution in [0, 0.1) is 21.4 Å². The first-order valence-electron chi connectivity index (χ1n) is 6.69. The van der Waals surface area contributed by atoms with E-state index in [2.05, 4.69) is 11.4 Å². The van der Waals surface area contributed by atoms with Crippen molar-refractivity contribution < 1.29 is 9.72 Å². The average Bonchev–Trinajstić information content (AvgIpc) is 2.53. The molecule has 0 radical (unpaired) electrons. The summed E-state index contributed by atoms with van der Waals surface area (Å²) >= 11 is 0. The lowest BCUT2D eigenvalue weighted by Crippen LogP contribution is -2.54. The molecule has 2 unspecified atom stereocenters. The number of hydrogen-bond donors (Lipinski definition) is 1. The standard InChI is InChI=1S/C14H16N4O3/c1-10(11-3-2-4-12(7-11)18(20)21)14(19)17-6-5-16-9-13(17)8-15/h2-4,7,10,13,16H,5-6,9H2,1H3. The molecule has 2 atom stereocenters. The molecule has 1 amide bonds. The van der Waals surface area contributed by atoms with Crippen LogP contribution in [0.1, 0.15) is 18.4 Å². The van der Waals surface area contributed by atoms with Crippen molar-refractivity contribution in [1.82, 2.24) is 10.2 Å². The maximum atomic E-state index is 12.5. The lowest BCUT2D eigenvalue weighted by molar-refractivity contribution is -0.384. The Bertz CT molecular complexity index is 596. The van der Waals surface area contributed by atoms with Crippen molar-refractivity contribution in [2.45, 2.75) is 18.9 Å². The number of rotatable bonds is 3. The number of non-ortho nitro benzene ring substituents is 1. The highest BCUT2D eigenvalue weighted by Gasteiger charge is 2.30. The molecule has 1 aromatic carbocycles. The second kappa shape index (κ2) is 6.33. The number of benzene rings is 1. The molecular weight excluding hydrogens is 272 g/mol. The molecule has 2 rings (SSSR count). The Hall–Kier alpha value is -2.46. The van der Waals surface area contributed by atoms with Crippen molar-refractivity contribution >= 4 is 11.6 Å². The Morgan fingerprint density at radius 1 is 1.62 bits per heavy atom. The maximum Gasteiger partial charge on any atom is 0.269 e. The third kappa shape index (κ3) is 3.17. The molecule has 1 N–H and O–H groups in total. The van der Waals surface area contributed by atoms with Gasteiger partial charge in [0, 0.05) is 31.8 Å². The van der Waals surface area contributed by atoms with Crippen molar-refractivity contribution in [2.75, 3.05) is 19.6 Å². The first kappa shape index (κ1) is 14.9. The van der Waals surface area contributed by atoms with Crippen molar-refractivity contribution in [1.29, 1.82) is 5.26 Å². The zero-order chi connectivity index (χ0) is 15.4. The van der Waals surface area contributed by atoms with Crippen molar-refractivity contribution in [3.05, 3.63) is 39.9 Å². The van der Waals surface area contributed by atoms with E-state index >= 15 is 0 Å². The summed E-state index contributed by atoms with van der Waals surface area (Å²) in [6.45, 7) is 3.27. The van der Waals surface area contributed by atoms with Crippen LogP contribution in [0.15, 0.2) is 24.3 Å². The molecule has 1 fully saturated rings. The monoisotopic (exact) mass is 288 g/mol. The smallest absolute Gasteiger partial charge is 0.269 e. The third-order valence-electron chi connectivity index (χ3n) is 3.63.